The van der Waals surface area contributed by atoms with Crippen molar-refractivity contribution >= 4 is 21.8 Å². The Morgan fingerprint density at radius 2 is 1.60 bits per heavy atom. The number of hydrogen-bond acceptors (Lipinski definition) is 3. The van der Waals surface area contributed by atoms with Crippen LogP contribution in [0.15, 0.2) is 63.9 Å². The highest BCUT2D eigenvalue weighted by atomic mass is 32.2. The Hall–Kier alpha value is -2.47. The van der Waals surface area contributed by atoms with Crippen LogP contribution in [0.4, 0.5) is 0 Å². The number of amidine groups is 1. The molecular weight excluding hydrogens is 276 g/mol. The highest BCUT2D eigenvalue weighted by Gasteiger charge is 2.29. The molecule has 0 bridgehead atoms. The lowest BCUT2D eigenvalue weighted by molar-refractivity contribution is 0.0977. The summed E-state index contributed by atoms with van der Waals surface area (Å²) in [5, 5.41) is 2.54. The summed E-state index contributed by atoms with van der Waals surface area (Å²) >= 11 is 0. The number of fused-ring (bicyclic) bond motifs is 1. The molecule has 0 unspecified atom stereocenters. The quantitative estimate of drug-likeness (QED) is 0.864. The van der Waals surface area contributed by atoms with Crippen molar-refractivity contribution in [2.45, 2.75) is 4.90 Å². The third-order valence-electron chi connectivity index (χ3n) is 2.90. The molecule has 3 rings (SSSR count). The Labute approximate surface area is 116 Å². The van der Waals surface area contributed by atoms with Crippen LogP contribution in [0, 0.1) is 0 Å². The molecule has 0 aromatic heterocycles. The number of rotatable bonds is 1. The van der Waals surface area contributed by atoms with E-state index < -0.39 is 15.9 Å². The molecule has 20 heavy (non-hydrogen) atoms. The van der Waals surface area contributed by atoms with Gasteiger partial charge in [-0.1, -0.05) is 30.3 Å². The molecule has 0 aliphatic carbocycles. The van der Waals surface area contributed by atoms with Gasteiger partial charge in [0.25, 0.3) is 15.9 Å². The number of nitrogens with one attached hydrogen (secondary N) is 1. The predicted molar refractivity (Wildman–Crippen MR) is 74.1 cm³/mol. The van der Waals surface area contributed by atoms with Crippen LogP contribution < -0.4 is 5.32 Å². The van der Waals surface area contributed by atoms with E-state index in [0.717, 1.165) is 0 Å². The highest BCUT2D eigenvalue weighted by molar-refractivity contribution is 7.90. The van der Waals surface area contributed by atoms with E-state index in [2.05, 4.69) is 9.71 Å². The lowest BCUT2D eigenvalue weighted by Gasteiger charge is -2.04. The van der Waals surface area contributed by atoms with E-state index >= 15 is 0 Å². The fourth-order valence-electron chi connectivity index (χ4n) is 1.97. The molecule has 1 N–H and O–H groups in total. The fourth-order valence-corrected chi connectivity index (χ4v) is 3.14. The van der Waals surface area contributed by atoms with Gasteiger partial charge in [-0.2, -0.15) is 8.42 Å². The Bertz CT molecular complexity index is 811. The van der Waals surface area contributed by atoms with Gasteiger partial charge in [-0.05, 0) is 24.3 Å². The number of carbonyl (C=O) groups excluding carboxylic acids is 1. The second kappa shape index (κ2) is 4.57. The Morgan fingerprint density at radius 3 is 2.35 bits per heavy atom. The number of benzene rings is 2. The molecular formula is C14H10N2O3S. The summed E-state index contributed by atoms with van der Waals surface area (Å²) in [4.78, 5) is 12.1. The smallest absolute Gasteiger partial charge is 0.285 e. The van der Waals surface area contributed by atoms with Gasteiger partial charge in [0.05, 0.1) is 0 Å². The minimum atomic E-state index is -3.71. The van der Waals surface area contributed by atoms with Gasteiger partial charge in [0.1, 0.15) is 4.90 Å². The van der Waals surface area contributed by atoms with Crippen LogP contribution >= 0.6 is 0 Å². The number of nitrogens with zero attached hydrogens (tertiary/aromatic N) is 1. The molecule has 100 valence electrons. The van der Waals surface area contributed by atoms with Crippen molar-refractivity contribution in [1.29, 1.82) is 0 Å². The fraction of sp³-hybridized carbons (Fsp3) is 0. The molecule has 2 aromatic carbocycles. The van der Waals surface area contributed by atoms with E-state index in [9.17, 15) is 13.2 Å². The Morgan fingerprint density at radius 1 is 0.950 bits per heavy atom. The van der Waals surface area contributed by atoms with Gasteiger partial charge >= 0.3 is 0 Å². The first-order valence-electron chi connectivity index (χ1n) is 5.89. The van der Waals surface area contributed by atoms with Crippen LogP contribution in [0.3, 0.4) is 0 Å². The summed E-state index contributed by atoms with van der Waals surface area (Å²) in [6.07, 6.45) is 0. The largest absolute Gasteiger partial charge is 0.305 e. The zero-order chi connectivity index (χ0) is 14.2. The second-order valence-electron chi connectivity index (χ2n) is 4.23. The van der Waals surface area contributed by atoms with Gasteiger partial charge in [-0.25, -0.2) is 0 Å². The van der Waals surface area contributed by atoms with Gasteiger partial charge in [-0.15, -0.1) is 4.40 Å². The van der Waals surface area contributed by atoms with Crippen LogP contribution in [0.2, 0.25) is 0 Å². The standard InChI is InChI=1S/C14H10N2O3S/c17-14(10-6-2-1-3-7-10)15-13-11-8-4-5-9-12(11)20(18,19)16-13/h1-9H,(H,15,16,17). The molecule has 0 atom stereocenters. The Kier molecular flexibility index (Phi) is 2.87. The van der Waals surface area contributed by atoms with E-state index in [1.807, 2.05) is 0 Å². The first-order valence-corrected chi connectivity index (χ1v) is 7.33. The van der Waals surface area contributed by atoms with Crippen LogP contribution in [-0.4, -0.2) is 20.2 Å². The van der Waals surface area contributed by atoms with Crippen molar-refractivity contribution in [1.82, 2.24) is 5.32 Å². The van der Waals surface area contributed by atoms with Gasteiger partial charge in [0.2, 0.25) is 0 Å². The number of amides is 1. The number of sulfonamides is 1. The van der Waals surface area contributed by atoms with Crippen molar-refractivity contribution in [3.05, 3.63) is 65.7 Å². The SMILES string of the molecule is O=C(NC1=NS(=O)(=O)c2ccccc21)c1ccccc1. The maximum absolute atomic E-state index is 12.0. The van der Waals surface area contributed by atoms with Crippen LogP contribution in [0.5, 0.6) is 0 Å². The summed E-state index contributed by atoms with van der Waals surface area (Å²) in [6.45, 7) is 0. The van der Waals surface area contributed by atoms with Crippen LogP contribution in [0.25, 0.3) is 0 Å². The third-order valence-corrected chi connectivity index (χ3v) is 4.23. The minimum Gasteiger partial charge on any atom is -0.305 e. The Balaban J connectivity index is 1.96. The van der Waals surface area contributed by atoms with E-state index in [1.54, 1.807) is 48.5 Å². The molecule has 1 aliphatic heterocycles. The summed E-state index contributed by atoms with van der Waals surface area (Å²) in [5.41, 5.74) is 0.855. The van der Waals surface area contributed by atoms with Gasteiger partial charge < -0.3 is 5.32 Å². The molecule has 1 heterocycles. The van der Waals surface area contributed by atoms with E-state index in [-0.39, 0.29) is 10.7 Å². The zero-order valence-electron chi connectivity index (χ0n) is 10.3. The zero-order valence-corrected chi connectivity index (χ0v) is 11.1. The molecule has 6 heteroatoms. The third kappa shape index (κ3) is 2.10. The number of carbonyl (C=O) groups is 1. The molecule has 0 fully saturated rings. The van der Waals surface area contributed by atoms with E-state index in [1.165, 1.54) is 6.07 Å². The van der Waals surface area contributed by atoms with Crippen molar-refractivity contribution in [3.63, 3.8) is 0 Å². The maximum Gasteiger partial charge on any atom is 0.285 e. The number of hydrogen-bond donors (Lipinski definition) is 1. The summed E-state index contributed by atoms with van der Waals surface area (Å²) in [6, 6.07) is 14.9. The topological polar surface area (TPSA) is 75.6 Å². The highest BCUT2D eigenvalue weighted by Crippen LogP contribution is 2.24. The normalized spacial score (nSPS) is 15.3. The first kappa shape index (κ1) is 12.6. The average molecular weight is 286 g/mol. The van der Waals surface area contributed by atoms with E-state index in [4.69, 9.17) is 0 Å². The first-order chi connectivity index (χ1) is 9.58. The minimum absolute atomic E-state index is 0.0643. The molecule has 5 nitrogen and oxygen atoms in total. The van der Waals surface area contributed by atoms with E-state index in [0.29, 0.717) is 11.1 Å². The molecule has 0 saturated carbocycles. The summed E-state index contributed by atoms with van der Waals surface area (Å²) in [7, 11) is -3.71. The monoisotopic (exact) mass is 286 g/mol. The van der Waals surface area contributed by atoms with Gasteiger partial charge in [-0.3, -0.25) is 4.79 Å². The summed E-state index contributed by atoms with van der Waals surface area (Å²) < 4.78 is 27.3. The average Bonchev–Trinajstić information content (AvgIpc) is 2.72. The summed E-state index contributed by atoms with van der Waals surface area (Å²) in [5.74, 6) is -0.328. The predicted octanol–water partition coefficient (Wildman–Crippen LogP) is 1.57. The molecule has 0 saturated heterocycles. The van der Waals surface area contributed by atoms with Crippen molar-refractivity contribution in [2.75, 3.05) is 0 Å². The molecule has 1 aliphatic rings. The maximum atomic E-state index is 12.0. The molecule has 0 radical (unpaired) electrons. The second-order valence-corrected chi connectivity index (χ2v) is 5.80. The molecule has 1 amide bonds. The van der Waals surface area contributed by atoms with Crippen molar-refractivity contribution < 1.29 is 13.2 Å². The molecule has 2 aromatic rings. The lowest BCUT2D eigenvalue weighted by atomic mass is 10.2. The van der Waals surface area contributed by atoms with Gasteiger partial charge in [0, 0.05) is 11.1 Å². The van der Waals surface area contributed by atoms with Crippen LogP contribution in [0.1, 0.15) is 15.9 Å². The van der Waals surface area contributed by atoms with Crippen LogP contribution in [-0.2, 0) is 10.0 Å². The molecule has 0 spiro atoms. The van der Waals surface area contributed by atoms with Crippen molar-refractivity contribution in [3.8, 4) is 0 Å². The van der Waals surface area contributed by atoms with Gasteiger partial charge in [0.15, 0.2) is 5.84 Å². The van der Waals surface area contributed by atoms with Crippen molar-refractivity contribution in [2.24, 2.45) is 4.40 Å². The lowest BCUT2D eigenvalue weighted by Crippen LogP contribution is -2.30.